The van der Waals surface area contributed by atoms with Crippen LogP contribution in [0.25, 0.3) is 11.1 Å². The number of aromatic nitrogens is 4. The summed E-state index contributed by atoms with van der Waals surface area (Å²) in [5, 5.41) is 0. The fourth-order valence-electron chi connectivity index (χ4n) is 4.04. The summed E-state index contributed by atoms with van der Waals surface area (Å²) in [6.45, 7) is 8.49. The largest absolute Gasteiger partial charge is 0.244 e. The minimum absolute atomic E-state index is 0.910. The van der Waals surface area contributed by atoms with E-state index in [4.69, 9.17) is 0 Å². The van der Waals surface area contributed by atoms with Crippen molar-refractivity contribution in [1.29, 1.82) is 0 Å². The van der Waals surface area contributed by atoms with Crippen LogP contribution < -0.4 is 9.13 Å². The lowest BCUT2D eigenvalue weighted by Gasteiger charge is -2.05. The van der Waals surface area contributed by atoms with Crippen molar-refractivity contribution in [2.75, 3.05) is 0 Å². The lowest BCUT2D eigenvalue weighted by molar-refractivity contribution is -0.688. The number of unbranched alkanes of at least 4 members (excludes halogenated alkanes) is 2. The number of aryl methyl sites for hydroxylation is 2. The smallest absolute Gasteiger partial charge is 0.237 e. The fourth-order valence-corrected chi connectivity index (χ4v) is 4.04. The molecule has 0 atom stereocenters. The highest BCUT2D eigenvalue weighted by molar-refractivity contribution is 5.63. The Labute approximate surface area is 192 Å². The molecule has 4 rings (SSSR count). The second-order valence-electron chi connectivity index (χ2n) is 8.75. The first kappa shape index (κ1) is 22.1. The predicted octanol–water partition coefficient (Wildman–Crippen LogP) is 5.23. The standard InChI is InChI=1S/C28H36N4/c1-3-5-15-29-17-19-31(23-29)21-25-7-11-27(12-8-25)28-13-9-26(10-14-28)22-32-20-18-30(24-32)16-6-4-2/h7-14,17-20,23-24H,3-6,15-16,21-22H2,1-2H3/q+2. The Hall–Kier alpha value is -3.14. The Bertz CT molecular complexity index is 997. The summed E-state index contributed by atoms with van der Waals surface area (Å²) < 4.78 is 9.06. The van der Waals surface area contributed by atoms with Crippen LogP contribution in [-0.4, -0.2) is 9.13 Å². The van der Waals surface area contributed by atoms with Crippen molar-refractivity contribution in [2.45, 2.75) is 65.7 Å². The molecule has 4 nitrogen and oxygen atoms in total. The van der Waals surface area contributed by atoms with Gasteiger partial charge in [0.1, 0.15) is 37.9 Å². The molecule has 2 aromatic heterocycles. The van der Waals surface area contributed by atoms with E-state index in [1.54, 1.807) is 0 Å². The minimum atomic E-state index is 0.910. The van der Waals surface area contributed by atoms with E-state index in [1.165, 1.54) is 47.9 Å². The Morgan fingerprint density at radius 2 is 1.00 bits per heavy atom. The maximum atomic E-state index is 2.28. The summed E-state index contributed by atoms with van der Waals surface area (Å²) in [6, 6.07) is 17.9. The number of rotatable bonds is 11. The van der Waals surface area contributed by atoms with E-state index in [0.717, 1.165) is 26.2 Å². The van der Waals surface area contributed by atoms with Gasteiger partial charge in [0, 0.05) is 0 Å². The quantitative estimate of drug-likeness (QED) is 0.291. The van der Waals surface area contributed by atoms with E-state index in [1.807, 2.05) is 0 Å². The number of hydrogen-bond acceptors (Lipinski definition) is 0. The maximum absolute atomic E-state index is 2.28. The van der Waals surface area contributed by atoms with Gasteiger partial charge >= 0.3 is 0 Å². The van der Waals surface area contributed by atoms with Crippen LogP contribution in [-0.2, 0) is 26.2 Å². The van der Waals surface area contributed by atoms with Gasteiger partial charge in [-0.2, -0.15) is 0 Å². The summed E-state index contributed by atoms with van der Waals surface area (Å²) in [4.78, 5) is 0. The highest BCUT2D eigenvalue weighted by Gasteiger charge is 2.07. The molecule has 4 aromatic rings. The van der Waals surface area contributed by atoms with Crippen molar-refractivity contribution in [3.63, 3.8) is 0 Å². The number of nitrogens with zero attached hydrogens (tertiary/aromatic N) is 4. The third-order valence-corrected chi connectivity index (χ3v) is 6.00. The zero-order valence-corrected chi connectivity index (χ0v) is 19.5. The Balaban J connectivity index is 1.34. The molecule has 0 bridgehead atoms. The first-order chi connectivity index (χ1) is 15.7. The van der Waals surface area contributed by atoms with Gasteiger partial charge in [-0.25, -0.2) is 18.3 Å². The van der Waals surface area contributed by atoms with E-state index >= 15 is 0 Å². The topological polar surface area (TPSA) is 17.6 Å². The number of benzene rings is 2. The van der Waals surface area contributed by atoms with E-state index in [0.29, 0.717) is 0 Å². The van der Waals surface area contributed by atoms with Gasteiger partial charge in [-0.05, 0) is 35.1 Å². The first-order valence-corrected chi connectivity index (χ1v) is 12.0. The second-order valence-corrected chi connectivity index (χ2v) is 8.75. The zero-order valence-electron chi connectivity index (χ0n) is 19.5. The first-order valence-electron chi connectivity index (χ1n) is 12.0. The summed E-state index contributed by atoms with van der Waals surface area (Å²) >= 11 is 0. The Kier molecular flexibility index (Phi) is 7.55. The number of hydrogen-bond donors (Lipinski definition) is 0. The predicted molar refractivity (Wildman–Crippen MR) is 129 cm³/mol. The monoisotopic (exact) mass is 428 g/mol. The molecule has 4 heteroatoms. The molecule has 2 heterocycles. The van der Waals surface area contributed by atoms with E-state index in [2.05, 4.69) is 118 Å². The average Bonchev–Trinajstić information content (AvgIpc) is 3.46. The fraction of sp³-hybridized carbons (Fsp3) is 0.357. The Morgan fingerprint density at radius 1 is 0.594 bits per heavy atom. The highest BCUT2D eigenvalue weighted by Crippen LogP contribution is 2.20. The molecule has 166 valence electrons. The molecule has 0 aliphatic rings. The van der Waals surface area contributed by atoms with Crippen LogP contribution in [0, 0.1) is 0 Å². The van der Waals surface area contributed by atoms with Gasteiger partial charge in [0.05, 0.1) is 13.1 Å². The van der Waals surface area contributed by atoms with Crippen molar-refractivity contribution in [2.24, 2.45) is 0 Å². The molecule has 0 spiro atoms. The van der Waals surface area contributed by atoms with Crippen LogP contribution in [0.2, 0.25) is 0 Å². The molecule has 0 aliphatic carbocycles. The summed E-state index contributed by atoms with van der Waals surface area (Å²) in [6.07, 6.45) is 18.0. The lowest BCUT2D eigenvalue weighted by Crippen LogP contribution is -2.31. The molecule has 0 saturated heterocycles. The molecule has 0 aliphatic heterocycles. The van der Waals surface area contributed by atoms with Crippen molar-refractivity contribution < 1.29 is 9.13 Å². The Morgan fingerprint density at radius 3 is 1.38 bits per heavy atom. The molecule has 0 fully saturated rings. The van der Waals surface area contributed by atoms with Crippen molar-refractivity contribution in [3.05, 3.63) is 97.1 Å². The lowest BCUT2D eigenvalue weighted by atomic mass is 10.0. The SMILES string of the molecule is CCCCn1cc[n+](Cc2ccc(-c3ccc(C[n+]4ccn(CCCC)c4)cc3)cc2)c1. The van der Waals surface area contributed by atoms with Gasteiger partial charge in [-0.1, -0.05) is 75.2 Å². The summed E-state index contributed by atoms with van der Waals surface area (Å²) in [5.41, 5.74) is 5.19. The molecule has 0 radical (unpaired) electrons. The van der Waals surface area contributed by atoms with Gasteiger partial charge in [0.2, 0.25) is 12.7 Å². The zero-order chi connectivity index (χ0) is 22.2. The number of imidazole rings is 2. The van der Waals surface area contributed by atoms with Crippen molar-refractivity contribution >= 4 is 0 Å². The van der Waals surface area contributed by atoms with Crippen LogP contribution in [0.15, 0.2) is 86.0 Å². The van der Waals surface area contributed by atoms with Crippen LogP contribution in [0.1, 0.15) is 50.7 Å². The normalized spacial score (nSPS) is 11.2. The molecule has 0 unspecified atom stereocenters. The van der Waals surface area contributed by atoms with Crippen LogP contribution in [0.4, 0.5) is 0 Å². The molecular weight excluding hydrogens is 392 g/mol. The third-order valence-electron chi connectivity index (χ3n) is 6.00. The molecule has 2 aromatic carbocycles. The summed E-state index contributed by atoms with van der Waals surface area (Å²) in [5.74, 6) is 0. The van der Waals surface area contributed by atoms with Gasteiger partial charge in [0.25, 0.3) is 0 Å². The van der Waals surface area contributed by atoms with Crippen molar-refractivity contribution in [3.8, 4) is 11.1 Å². The van der Waals surface area contributed by atoms with Gasteiger partial charge in [-0.3, -0.25) is 0 Å². The maximum Gasteiger partial charge on any atom is 0.244 e. The summed E-state index contributed by atoms with van der Waals surface area (Å²) in [7, 11) is 0. The molecular formula is C28H36N4+2. The van der Waals surface area contributed by atoms with E-state index in [-0.39, 0.29) is 0 Å². The second kappa shape index (κ2) is 10.9. The molecule has 0 N–H and O–H groups in total. The molecule has 32 heavy (non-hydrogen) atoms. The van der Waals surface area contributed by atoms with Crippen molar-refractivity contribution in [1.82, 2.24) is 9.13 Å². The van der Waals surface area contributed by atoms with Gasteiger partial charge < -0.3 is 0 Å². The van der Waals surface area contributed by atoms with Crippen LogP contribution in [0.3, 0.4) is 0 Å². The minimum Gasteiger partial charge on any atom is -0.237 e. The van der Waals surface area contributed by atoms with E-state index < -0.39 is 0 Å². The molecule has 0 amide bonds. The molecule has 0 saturated carbocycles. The highest BCUT2D eigenvalue weighted by atomic mass is 15.1. The van der Waals surface area contributed by atoms with Crippen LogP contribution >= 0.6 is 0 Å². The van der Waals surface area contributed by atoms with E-state index in [9.17, 15) is 0 Å². The third kappa shape index (κ3) is 5.97. The van der Waals surface area contributed by atoms with Gasteiger partial charge in [0.15, 0.2) is 0 Å². The average molecular weight is 429 g/mol. The van der Waals surface area contributed by atoms with Crippen LogP contribution in [0.5, 0.6) is 0 Å². The van der Waals surface area contributed by atoms with Gasteiger partial charge in [-0.15, -0.1) is 0 Å².